The maximum atomic E-state index is 5.94. The van der Waals surface area contributed by atoms with Crippen LogP contribution in [0.2, 0.25) is 0 Å². The first kappa shape index (κ1) is 13.3. The van der Waals surface area contributed by atoms with Crippen LogP contribution in [0.25, 0.3) is 0 Å². The van der Waals surface area contributed by atoms with Gasteiger partial charge in [-0.1, -0.05) is 13.8 Å². The largest absolute Gasteiger partial charge is 0.328 e. The third kappa shape index (κ3) is 4.75. The molecule has 1 aliphatic rings. The van der Waals surface area contributed by atoms with Gasteiger partial charge in [-0.2, -0.15) is 11.8 Å². The maximum absolute atomic E-state index is 5.94. The van der Waals surface area contributed by atoms with Gasteiger partial charge in [0, 0.05) is 24.4 Å². The molecule has 0 saturated heterocycles. The Labute approximate surface area is 99.0 Å². The average molecular weight is 230 g/mol. The molecule has 0 amide bonds. The number of hydrogen-bond acceptors (Lipinski definition) is 3. The number of thioether (sulfide) groups is 1. The van der Waals surface area contributed by atoms with Crippen LogP contribution < -0.4 is 5.73 Å². The lowest BCUT2D eigenvalue weighted by atomic mass is 9.91. The van der Waals surface area contributed by atoms with Gasteiger partial charge in [0.25, 0.3) is 0 Å². The normalized spacial score (nSPS) is 27.2. The van der Waals surface area contributed by atoms with E-state index in [1.54, 1.807) is 0 Å². The van der Waals surface area contributed by atoms with Gasteiger partial charge in [-0.3, -0.25) is 4.90 Å². The Morgan fingerprint density at radius 2 is 1.87 bits per heavy atom. The monoisotopic (exact) mass is 230 g/mol. The van der Waals surface area contributed by atoms with E-state index < -0.39 is 0 Å². The van der Waals surface area contributed by atoms with Crippen molar-refractivity contribution in [1.82, 2.24) is 4.90 Å². The summed E-state index contributed by atoms with van der Waals surface area (Å²) in [7, 11) is 0. The molecule has 0 aliphatic heterocycles. The van der Waals surface area contributed by atoms with E-state index >= 15 is 0 Å². The van der Waals surface area contributed by atoms with Crippen molar-refractivity contribution in [1.29, 1.82) is 0 Å². The maximum Gasteiger partial charge on any atom is 0.00966 e. The lowest BCUT2D eigenvalue weighted by Crippen LogP contribution is -2.41. The zero-order chi connectivity index (χ0) is 11.1. The Balaban J connectivity index is 2.24. The summed E-state index contributed by atoms with van der Waals surface area (Å²) in [5, 5.41) is 0. The van der Waals surface area contributed by atoms with Crippen molar-refractivity contribution in [3.05, 3.63) is 0 Å². The molecule has 2 N–H and O–H groups in total. The van der Waals surface area contributed by atoms with Crippen LogP contribution in [0.15, 0.2) is 0 Å². The predicted octanol–water partition coefficient (Wildman–Crippen LogP) is 2.33. The summed E-state index contributed by atoms with van der Waals surface area (Å²) in [6.45, 7) is 6.98. The van der Waals surface area contributed by atoms with Gasteiger partial charge in [0.2, 0.25) is 0 Å². The van der Waals surface area contributed by atoms with Crippen LogP contribution in [-0.2, 0) is 0 Å². The lowest BCUT2D eigenvalue weighted by Gasteiger charge is -2.35. The molecule has 0 aromatic rings. The molecule has 0 unspecified atom stereocenters. The average Bonchev–Trinajstić information content (AvgIpc) is 2.26. The molecule has 90 valence electrons. The molecule has 0 atom stereocenters. The summed E-state index contributed by atoms with van der Waals surface area (Å²) in [5.41, 5.74) is 5.94. The van der Waals surface area contributed by atoms with E-state index in [1.165, 1.54) is 50.3 Å². The Morgan fingerprint density at radius 1 is 1.20 bits per heavy atom. The van der Waals surface area contributed by atoms with E-state index in [0.29, 0.717) is 6.04 Å². The van der Waals surface area contributed by atoms with Gasteiger partial charge in [0.05, 0.1) is 0 Å². The van der Waals surface area contributed by atoms with Crippen LogP contribution in [0.4, 0.5) is 0 Å². The zero-order valence-corrected chi connectivity index (χ0v) is 11.1. The van der Waals surface area contributed by atoms with Gasteiger partial charge in [-0.05, 0) is 38.0 Å². The van der Waals surface area contributed by atoms with Crippen LogP contribution in [0.5, 0.6) is 0 Å². The van der Waals surface area contributed by atoms with Gasteiger partial charge >= 0.3 is 0 Å². The highest BCUT2D eigenvalue weighted by atomic mass is 32.2. The van der Waals surface area contributed by atoms with Gasteiger partial charge in [0.1, 0.15) is 0 Å². The molecule has 0 aromatic carbocycles. The first-order valence-electron chi connectivity index (χ1n) is 6.35. The molecule has 15 heavy (non-hydrogen) atoms. The molecule has 0 spiro atoms. The molecule has 0 radical (unpaired) electrons. The van der Waals surface area contributed by atoms with Crippen LogP contribution in [0.3, 0.4) is 0 Å². The van der Waals surface area contributed by atoms with Crippen LogP contribution in [0, 0.1) is 0 Å². The standard InChI is InChI=1S/C12H26N2S/c1-3-14(9-10-15-4-2)12-7-5-11(13)6-8-12/h11-12H,3-10,13H2,1-2H3. The molecule has 1 fully saturated rings. The summed E-state index contributed by atoms with van der Waals surface area (Å²) in [6, 6.07) is 1.29. The van der Waals surface area contributed by atoms with Crippen molar-refractivity contribution in [2.45, 2.75) is 51.6 Å². The van der Waals surface area contributed by atoms with Crippen molar-refractivity contribution in [2.75, 3.05) is 24.6 Å². The Bertz CT molecular complexity index is 156. The van der Waals surface area contributed by atoms with E-state index in [-0.39, 0.29) is 0 Å². The number of rotatable bonds is 6. The first-order chi connectivity index (χ1) is 7.27. The van der Waals surface area contributed by atoms with Gasteiger partial charge in [0.15, 0.2) is 0 Å². The molecular formula is C12H26N2S. The third-order valence-electron chi connectivity index (χ3n) is 3.39. The van der Waals surface area contributed by atoms with E-state index in [9.17, 15) is 0 Å². The van der Waals surface area contributed by atoms with Gasteiger partial charge in [-0.15, -0.1) is 0 Å². The highest BCUT2D eigenvalue weighted by Gasteiger charge is 2.22. The molecule has 1 rings (SSSR count). The lowest BCUT2D eigenvalue weighted by molar-refractivity contribution is 0.166. The summed E-state index contributed by atoms with van der Waals surface area (Å²) in [4.78, 5) is 2.65. The molecule has 1 saturated carbocycles. The van der Waals surface area contributed by atoms with E-state index in [2.05, 4.69) is 18.7 Å². The minimum Gasteiger partial charge on any atom is -0.328 e. The number of nitrogens with two attached hydrogens (primary N) is 1. The van der Waals surface area contributed by atoms with Crippen LogP contribution in [-0.4, -0.2) is 41.6 Å². The van der Waals surface area contributed by atoms with E-state index in [4.69, 9.17) is 5.73 Å². The first-order valence-corrected chi connectivity index (χ1v) is 7.50. The molecule has 0 aromatic heterocycles. The second kappa shape index (κ2) is 7.53. The molecular weight excluding hydrogens is 204 g/mol. The third-order valence-corrected chi connectivity index (χ3v) is 4.27. The fraction of sp³-hybridized carbons (Fsp3) is 1.00. The van der Waals surface area contributed by atoms with Crippen LogP contribution in [0.1, 0.15) is 39.5 Å². The molecule has 1 aliphatic carbocycles. The summed E-state index contributed by atoms with van der Waals surface area (Å²) in [6.07, 6.45) is 5.07. The minimum atomic E-state index is 0.477. The van der Waals surface area contributed by atoms with Crippen LogP contribution >= 0.6 is 11.8 Å². The SMILES string of the molecule is CCSCCN(CC)C1CCC(N)CC1. The Hall–Kier alpha value is 0.270. The second-order valence-corrected chi connectivity index (χ2v) is 5.79. The van der Waals surface area contributed by atoms with Crippen molar-refractivity contribution in [3.63, 3.8) is 0 Å². The topological polar surface area (TPSA) is 29.3 Å². The van der Waals surface area contributed by atoms with Gasteiger partial charge < -0.3 is 5.73 Å². The quantitative estimate of drug-likeness (QED) is 0.710. The fourth-order valence-corrected chi connectivity index (χ4v) is 3.04. The minimum absolute atomic E-state index is 0.477. The van der Waals surface area contributed by atoms with Gasteiger partial charge in [-0.25, -0.2) is 0 Å². The molecule has 0 bridgehead atoms. The summed E-state index contributed by atoms with van der Waals surface area (Å²) >= 11 is 2.05. The van der Waals surface area contributed by atoms with Crippen molar-refractivity contribution in [2.24, 2.45) is 5.73 Å². The highest BCUT2D eigenvalue weighted by molar-refractivity contribution is 7.99. The summed E-state index contributed by atoms with van der Waals surface area (Å²) in [5.74, 6) is 2.53. The Kier molecular flexibility index (Phi) is 6.69. The van der Waals surface area contributed by atoms with Crippen molar-refractivity contribution in [3.8, 4) is 0 Å². The van der Waals surface area contributed by atoms with E-state index in [1.807, 2.05) is 11.8 Å². The molecule has 0 heterocycles. The smallest absolute Gasteiger partial charge is 0.00966 e. The second-order valence-electron chi connectivity index (χ2n) is 4.39. The number of nitrogens with zero attached hydrogens (tertiary/aromatic N) is 1. The van der Waals surface area contributed by atoms with E-state index in [0.717, 1.165) is 6.04 Å². The Morgan fingerprint density at radius 3 is 2.40 bits per heavy atom. The number of hydrogen-bond donors (Lipinski definition) is 1. The predicted molar refractivity (Wildman–Crippen MR) is 70.5 cm³/mol. The molecule has 2 nitrogen and oxygen atoms in total. The fourth-order valence-electron chi connectivity index (χ4n) is 2.39. The summed E-state index contributed by atoms with van der Waals surface area (Å²) < 4.78 is 0. The highest BCUT2D eigenvalue weighted by Crippen LogP contribution is 2.22. The van der Waals surface area contributed by atoms with Crippen molar-refractivity contribution >= 4 is 11.8 Å². The van der Waals surface area contributed by atoms with Crippen molar-refractivity contribution < 1.29 is 0 Å². The molecule has 3 heteroatoms. The zero-order valence-electron chi connectivity index (χ0n) is 10.2.